The highest BCUT2D eigenvalue weighted by atomic mass is 19.4. The lowest BCUT2D eigenvalue weighted by atomic mass is 10.1. The van der Waals surface area contributed by atoms with Crippen molar-refractivity contribution in [2.75, 3.05) is 6.54 Å². The molecular formula is C11H9F5NO2. The van der Waals surface area contributed by atoms with Crippen molar-refractivity contribution in [3.05, 3.63) is 29.8 Å². The molecule has 0 atom stereocenters. The van der Waals surface area contributed by atoms with Gasteiger partial charge in [0.2, 0.25) is 0 Å². The molecule has 1 aromatic rings. The van der Waals surface area contributed by atoms with E-state index in [2.05, 4.69) is 10.1 Å². The summed E-state index contributed by atoms with van der Waals surface area (Å²) < 4.78 is 64.4. The third-order valence-corrected chi connectivity index (χ3v) is 2.11. The molecule has 0 aromatic heterocycles. The Bertz CT molecular complexity index is 416. The van der Waals surface area contributed by atoms with Crippen LogP contribution < -0.4 is 10.1 Å². The highest BCUT2D eigenvalue weighted by Gasteiger charge is 2.61. The highest BCUT2D eigenvalue weighted by molar-refractivity contribution is 5.47. The van der Waals surface area contributed by atoms with Crippen molar-refractivity contribution in [2.24, 2.45) is 0 Å². The van der Waals surface area contributed by atoms with E-state index in [1.54, 1.807) is 0 Å². The Hall–Kier alpha value is -1.86. The lowest BCUT2D eigenvalue weighted by molar-refractivity contribution is -0.360. The van der Waals surface area contributed by atoms with Crippen LogP contribution in [0.5, 0.6) is 5.75 Å². The van der Waals surface area contributed by atoms with Crippen LogP contribution in [0.2, 0.25) is 0 Å². The fourth-order valence-electron chi connectivity index (χ4n) is 1.19. The zero-order valence-electron chi connectivity index (χ0n) is 9.43. The summed E-state index contributed by atoms with van der Waals surface area (Å²) in [4.78, 5) is 9.85. The summed E-state index contributed by atoms with van der Waals surface area (Å²) in [5.74, 6) is -0.596. The second kappa shape index (κ2) is 5.85. The number of ether oxygens (including phenoxy) is 1. The Balaban J connectivity index is 2.64. The van der Waals surface area contributed by atoms with Gasteiger partial charge in [0.05, 0.1) is 0 Å². The van der Waals surface area contributed by atoms with Gasteiger partial charge in [-0.25, -0.2) is 0 Å². The van der Waals surface area contributed by atoms with Crippen LogP contribution in [0.4, 0.5) is 22.0 Å². The molecule has 19 heavy (non-hydrogen) atoms. The fraction of sp³-hybridized carbons (Fsp3) is 0.364. The Morgan fingerprint density at radius 2 is 1.68 bits per heavy atom. The standard InChI is InChI=1S/C11H9F5NO2/c12-10(13,14)11(15,16)19-9-3-1-8(2-4-9)5-6-17-7-18/h1-4H,5-6H2,(H,17,18). The normalized spacial score (nSPS) is 12.1. The van der Waals surface area contributed by atoms with Crippen molar-refractivity contribution in [1.82, 2.24) is 5.32 Å². The molecule has 0 heterocycles. The Morgan fingerprint density at radius 3 is 2.16 bits per heavy atom. The van der Waals surface area contributed by atoms with E-state index < -0.39 is 18.0 Å². The molecule has 8 heteroatoms. The number of amides is 1. The maximum atomic E-state index is 12.6. The molecule has 0 aliphatic carbocycles. The van der Waals surface area contributed by atoms with Gasteiger partial charge in [0.25, 0.3) is 0 Å². The number of alkyl halides is 5. The first kappa shape index (κ1) is 15.2. The summed E-state index contributed by atoms with van der Waals surface area (Å²) in [6.45, 7) is 0.280. The first-order chi connectivity index (χ1) is 8.76. The molecule has 105 valence electrons. The van der Waals surface area contributed by atoms with E-state index >= 15 is 0 Å². The van der Waals surface area contributed by atoms with Gasteiger partial charge in [0.15, 0.2) is 0 Å². The molecule has 0 unspecified atom stereocenters. The largest absolute Gasteiger partial charge is 0.499 e. The average molecular weight is 282 g/mol. The first-order valence-corrected chi connectivity index (χ1v) is 5.09. The number of halogens is 5. The van der Waals surface area contributed by atoms with Gasteiger partial charge in [-0.1, -0.05) is 12.1 Å². The lowest BCUT2D eigenvalue weighted by Crippen LogP contribution is -2.41. The maximum absolute atomic E-state index is 12.6. The number of hydrogen-bond acceptors (Lipinski definition) is 2. The zero-order chi connectivity index (χ0) is 14.5. The van der Waals surface area contributed by atoms with Crippen LogP contribution in [0.1, 0.15) is 5.56 Å². The van der Waals surface area contributed by atoms with Crippen LogP contribution in [0.3, 0.4) is 0 Å². The Labute approximate surface area is 105 Å². The van der Waals surface area contributed by atoms with Gasteiger partial charge in [-0.3, -0.25) is 4.79 Å². The van der Waals surface area contributed by atoms with Crippen LogP contribution in [-0.2, 0) is 11.2 Å². The second-order valence-electron chi connectivity index (χ2n) is 3.54. The van der Waals surface area contributed by atoms with E-state index in [9.17, 15) is 26.7 Å². The minimum atomic E-state index is -5.77. The molecule has 0 saturated carbocycles. The Morgan fingerprint density at radius 1 is 1.11 bits per heavy atom. The predicted octanol–water partition coefficient (Wildman–Crippen LogP) is 2.42. The van der Waals surface area contributed by atoms with Crippen molar-refractivity contribution in [2.45, 2.75) is 18.7 Å². The van der Waals surface area contributed by atoms with Crippen molar-refractivity contribution in [3.8, 4) is 5.75 Å². The smallest absolute Gasteiger partial charge is 0.426 e. The molecule has 0 aliphatic heterocycles. The summed E-state index contributed by atoms with van der Waals surface area (Å²) >= 11 is 0. The lowest BCUT2D eigenvalue weighted by Gasteiger charge is -2.20. The SMILES string of the molecule is O=[C]NCCc1ccc(OC(F)(F)C(F)(F)F)cc1. The first-order valence-electron chi connectivity index (χ1n) is 5.09. The van der Waals surface area contributed by atoms with Crippen LogP contribution in [-0.4, -0.2) is 25.2 Å². The molecule has 0 spiro atoms. The Kier molecular flexibility index (Phi) is 4.68. The summed E-state index contributed by atoms with van der Waals surface area (Å²) in [5, 5.41) is 2.26. The van der Waals surface area contributed by atoms with Crippen molar-refractivity contribution >= 4 is 6.41 Å². The molecule has 1 N–H and O–H groups in total. The molecule has 0 saturated heterocycles. The topological polar surface area (TPSA) is 38.3 Å². The van der Waals surface area contributed by atoms with Gasteiger partial charge in [-0.15, -0.1) is 0 Å². The third kappa shape index (κ3) is 4.38. The third-order valence-electron chi connectivity index (χ3n) is 2.11. The monoisotopic (exact) mass is 282 g/mol. The predicted molar refractivity (Wildman–Crippen MR) is 55.5 cm³/mol. The van der Waals surface area contributed by atoms with Gasteiger partial charge in [-0.2, -0.15) is 22.0 Å². The number of rotatable bonds is 6. The summed E-state index contributed by atoms with van der Waals surface area (Å²) in [5.41, 5.74) is 0.644. The van der Waals surface area contributed by atoms with E-state index in [1.165, 1.54) is 18.5 Å². The van der Waals surface area contributed by atoms with Gasteiger partial charge in [-0.05, 0) is 24.1 Å². The van der Waals surface area contributed by atoms with E-state index in [0.29, 0.717) is 12.0 Å². The maximum Gasteiger partial charge on any atom is 0.499 e. The molecule has 3 nitrogen and oxygen atoms in total. The van der Waals surface area contributed by atoms with Crippen molar-refractivity contribution in [1.29, 1.82) is 0 Å². The molecular weight excluding hydrogens is 273 g/mol. The number of hydrogen-bond donors (Lipinski definition) is 1. The zero-order valence-corrected chi connectivity index (χ0v) is 9.43. The van der Waals surface area contributed by atoms with E-state index in [1.807, 2.05) is 0 Å². The van der Waals surface area contributed by atoms with Crippen molar-refractivity contribution < 1.29 is 31.5 Å². The highest BCUT2D eigenvalue weighted by Crippen LogP contribution is 2.37. The molecule has 1 rings (SSSR count). The van der Waals surface area contributed by atoms with E-state index in [4.69, 9.17) is 0 Å². The van der Waals surface area contributed by atoms with Crippen molar-refractivity contribution in [3.63, 3.8) is 0 Å². The quantitative estimate of drug-likeness (QED) is 0.494. The molecule has 0 fully saturated rings. The van der Waals surface area contributed by atoms with Gasteiger partial charge >= 0.3 is 18.7 Å². The molecule has 0 bridgehead atoms. The average Bonchev–Trinajstić information content (AvgIpc) is 2.30. The van der Waals surface area contributed by atoms with E-state index in [0.717, 1.165) is 12.1 Å². The summed E-state index contributed by atoms with van der Waals surface area (Å²) in [6, 6.07) is 4.65. The van der Waals surface area contributed by atoms with E-state index in [-0.39, 0.29) is 6.54 Å². The van der Waals surface area contributed by atoms with Crippen LogP contribution in [0.25, 0.3) is 0 Å². The number of nitrogens with one attached hydrogen (secondary N) is 1. The summed E-state index contributed by atoms with van der Waals surface area (Å²) in [6.07, 6.45) is -9.16. The van der Waals surface area contributed by atoms with Crippen LogP contribution in [0, 0.1) is 0 Å². The minimum absolute atomic E-state index is 0.280. The van der Waals surface area contributed by atoms with Gasteiger partial charge < -0.3 is 10.1 Å². The van der Waals surface area contributed by atoms with Gasteiger partial charge in [0, 0.05) is 6.54 Å². The van der Waals surface area contributed by atoms with Gasteiger partial charge in [0.1, 0.15) is 5.75 Å². The van der Waals surface area contributed by atoms with Crippen LogP contribution >= 0.6 is 0 Å². The second-order valence-corrected chi connectivity index (χ2v) is 3.54. The molecule has 1 aromatic carbocycles. The molecule has 1 radical (unpaired) electrons. The van der Waals surface area contributed by atoms with Crippen LogP contribution in [0.15, 0.2) is 24.3 Å². The minimum Gasteiger partial charge on any atom is -0.426 e. The number of benzene rings is 1. The number of carbonyl (C=O) groups excluding carboxylic acids is 1. The fourth-order valence-corrected chi connectivity index (χ4v) is 1.19. The molecule has 1 amide bonds. The molecule has 0 aliphatic rings. The summed E-state index contributed by atoms with van der Waals surface area (Å²) in [7, 11) is 0.